The lowest BCUT2D eigenvalue weighted by Crippen LogP contribution is -2.49. The number of carbonyl (C=O) groups is 3. The number of morpholine rings is 1. The van der Waals surface area contributed by atoms with E-state index in [1.165, 1.54) is 6.20 Å². The van der Waals surface area contributed by atoms with E-state index in [0.717, 1.165) is 44.2 Å². The third-order valence-corrected chi connectivity index (χ3v) is 6.94. The molecule has 12 nitrogen and oxygen atoms in total. The molecule has 2 amide bonds. The minimum Gasteiger partial charge on any atom is -0.481 e. The minimum absolute atomic E-state index is 0.0705. The number of ether oxygens (including phenoxy) is 2. The molecule has 2 saturated heterocycles. The number of piperazine rings is 1. The first-order valence-corrected chi connectivity index (χ1v) is 13.5. The molecule has 12 heteroatoms. The van der Waals surface area contributed by atoms with E-state index in [9.17, 15) is 14.4 Å². The van der Waals surface area contributed by atoms with Crippen molar-refractivity contribution >= 4 is 29.6 Å². The number of carboxylic acids is 1. The highest BCUT2D eigenvalue weighted by Crippen LogP contribution is 2.18. The lowest BCUT2D eigenvalue weighted by Gasteiger charge is -2.34. The van der Waals surface area contributed by atoms with Crippen LogP contribution in [0, 0.1) is 0 Å². The van der Waals surface area contributed by atoms with Crippen LogP contribution in [-0.4, -0.2) is 95.3 Å². The number of carboxylic acid groups (broad SMARTS) is 1. The molecule has 0 aliphatic carbocycles. The average molecular weight is 561 g/mol. The van der Waals surface area contributed by atoms with Crippen molar-refractivity contribution in [2.45, 2.75) is 13.0 Å². The molecule has 214 valence electrons. The Bertz CT molecular complexity index is 1340. The van der Waals surface area contributed by atoms with E-state index in [0.29, 0.717) is 43.1 Å². The molecule has 0 spiro atoms. The summed E-state index contributed by atoms with van der Waals surface area (Å²) in [5.41, 5.74) is 2.30. The van der Waals surface area contributed by atoms with Crippen LogP contribution in [0.3, 0.4) is 0 Å². The summed E-state index contributed by atoms with van der Waals surface area (Å²) < 4.78 is 10.9. The van der Waals surface area contributed by atoms with Crippen LogP contribution in [-0.2, 0) is 22.5 Å². The van der Waals surface area contributed by atoms with Gasteiger partial charge >= 0.3 is 12.1 Å². The van der Waals surface area contributed by atoms with Gasteiger partial charge < -0.3 is 29.7 Å². The molecule has 0 bridgehead atoms. The van der Waals surface area contributed by atoms with E-state index in [4.69, 9.17) is 14.6 Å². The Kier molecular flexibility index (Phi) is 9.02. The maximum absolute atomic E-state index is 12.7. The topological polar surface area (TPSA) is 137 Å². The van der Waals surface area contributed by atoms with Crippen molar-refractivity contribution in [3.05, 3.63) is 77.6 Å². The van der Waals surface area contributed by atoms with E-state index in [-0.39, 0.29) is 18.1 Å². The Balaban J connectivity index is 1.07. The van der Waals surface area contributed by atoms with Gasteiger partial charge in [0.05, 0.1) is 25.8 Å². The van der Waals surface area contributed by atoms with Gasteiger partial charge in [0, 0.05) is 57.6 Å². The van der Waals surface area contributed by atoms with Crippen LogP contribution >= 0.6 is 0 Å². The smallest absolute Gasteiger partial charge is 0.415 e. The molecule has 41 heavy (non-hydrogen) atoms. The SMILES string of the molecule is O=C(O)Cc1ccc(N2CCN(C(=O)Oc3ccc(NC(=O)c4ccc(CN5CCOCC5)cc4)nc3)CC2)nc1. The molecule has 0 radical (unpaired) electrons. The number of rotatable bonds is 8. The van der Waals surface area contributed by atoms with E-state index in [2.05, 4.69) is 20.2 Å². The summed E-state index contributed by atoms with van der Waals surface area (Å²) in [5.74, 6) is 0.186. The van der Waals surface area contributed by atoms with E-state index in [1.807, 2.05) is 17.0 Å². The van der Waals surface area contributed by atoms with Crippen molar-refractivity contribution < 1.29 is 29.0 Å². The van der Waals surface area contributed by atoms with Crippen LogP contribution < -0.4 is 15.0 Å². The van der Waals surface area contributed by atoms with Gasteiger partial charge in [-0.2, -0.15) is 0 Å². The zero-order valence-electron chi connectivity index (χ0n) is 22.6. The number of anilines is 2. The quantitative estimate of drug-likeness (QED) is 0.423. The summed E-state index contributed by atoms with van der Waals surface area (Å²) >= 11 is 0. The first-order chi connectivity index (χ1) is 19.9. The number of aromatic nitrogens is 2. The van der Waals surface area contributed by atoms with Crippen molar-refractivity contribution in [3.8, 4) is 5.75 Å². The van der Waals surface area contributed by atoms with Gasteiger partial charge in [0.2, 0.25) is 0 Å². The molecular formula is C29H32N6O6. The van der Waals surface area contributed by atoms with Gasteiger partial charge in [-0.1, -0.05) is 18.2 Å². The summed E-state index contributed by atoms with van der Waals surface area (Å²) in [4.78, 5) is 50.7. The fourth-order valence-electron chi connectivity index (χ4n) is 4.65. The molecule has 0 unspecified atom stereocenters. The number of amides is 2. The molecule has 4 heterocycles. The molecule has 2 fully saturated rings. The average Bonchev–Trinajstić information content (AvgIpc) is 2.99. The molecule has 1 aromatic carbocycles. The largest absolute Gasteiger partial charge is 0.481 e. The Morgan fingerprint density at radius 2 is 1.59 bits per heavy atom. The number of carbonyl (C=O) groups excluding carboxylic acids is 2. The predicted molar refractivity (Wildman–Crippen MR) is 150 cm³/mol. The van der Waals surface area contributed by atoms with Gasteiger partial charge in [0.1, 0.15) is 11.6 Å². The maximum atomic E-state index is 12.7. The first kappa shape index (κ1) is 28.0. The highest BCUT2D eigenvalue weighted by Gasteiger charge is 2.23. The summed E-state index contributed by atoms with van der Waals surface area (Å²) in [7, 11) is 0. The fraction of sp³-hybridized carbons (Fsp3) is 0.345. The van der Waals surface area contributed by atoms with E-state index < -0.39 is 12.1 Å². The number of nitrogens with zero attached hydrogens (tertiary/aromatic N) is 5. The van der Waals surface area contributed by atoms with Crippen LogP contribution in [0.2, 0.25) is 0 Å². The van der Waals surface area contributed by atoms with Crippen LogP contribution in [0.1, 0.15) is 21.5 Å². The van der Waals surface area contributed by atoms with E-state index >= 15 is 0 Å². The number of pyridine rings is 2. The van der Waals surface area contributed by atoms with Crippen molar-refractivity contribution in [2.75, 3.05) is 62.7 Å². The van der Waals surface area contributed by atoms with Gasteiger partial charge in [-0.3, -0.25) is 14.5 Å². The predicted octanol–water partition coefficient (Wildman–Crippen LogP) is 2.51. The maximum Gasteiger partial charge on any atom is 0.415 e. The molecule has 2 N–H and O–H groups in total. The summed E-state index contributed by atoms with van der Waals surface area (Å²) in [5, 5.41) is 11.7. The second-order valence-electron chi connectivity index (χ2n) is 9.86. The lowest BCUT2D eigenvalue weighted by molar-refractivity contribution is -0.136. The van der Waals surface area contributed by atoms with Crippen LogP contribution in [0.25, 0.3) is 0 Å². The van der Waals surface area contributed by atoms with Crippen molar-refractivity contribution in [1.82, 2.24) is 19.8 Å². The standard InChI is InChI=1S/C29H32N6O6/c36-27(37)17-22-3-8-26(31-18-22)34-9-11-35(12-10-34)29(39)41-24-6-7-25(30-19-24)32-28(38)23-4-1-21(2-5-23)20-33-13-15-40-16-14-33/h1-8,18-19H,9-17,20H2,(H,36,37)(H,30,32,38). The highest BCUT2D eigenvalue weighted by molar-refractivity contribution is 6.03. The zero-order valence-corrected chi connectivity index (χ0v) is 22.6. The second-order valence-corrected chi connectivity index (χ2v) is 9.86. The van der Waals surface area contributed by atoms with Crippen molar-refractivity contribution in [3.63, 3.8) is 0 Å². The molecule has 2 aliphatic heterocycles. The summed E-state index contributed by atoms with van der Waals surface area (Å²) in [6.45, 7) is 6.15. The molecule has 2 aromatic heterocycles. The van der Waals surface area contributed by atoms with Gasteiger partial charge in [-0.05, 0) is 41.5 Å². The number of aliphatic carboxylic acids is 1. The zero-order chi connectivity index (χ0) is 28.6. The van der Waals surface area contributed by atoms with Crippen LogP contribution in [0.4, 0.5) is 16.4 Å². The minimum atomic E-state index is -0.901. The molecule has 0 saturated carbocycles. The first-order valence-electron chi connectivity index (χ1n) is 13.5. The number of benzene rings is 1. The van der Waals surface area contributed by atoms with Crippen molar-refractivity contribution in [1.29, 1.82) is 0 Å². The van der Waals surface area contributed by atoms with Crippen LogP contribution in [0.15, 0.2) is 60.9 Å². The van der Waals surface area contributed by atoms with E-state index in [1.54, 1.807) is 47.5 Å². The summed E-state index contributed by atoms with van der Waals surface area (Å²) in [6.07, 6.45) is 2.41. The third kappa shape index (κ3) is 7.77. The Hall–Kier alpha value is -4.55. The number of hydrogen-bond donors (Lipinski definition) is 2. The lowest BCUT2D eigenvalue weighted by atomic mass is 10.1. The number of nitrogens with one attached hydrogen (secondary N) is 1. The Morgan fingerprint density at radius 3 is 2.22 bits per heavy atom. The Labute approximate surface area is 237 Å². The highest BCUT2D eigenvalue weighted by atomic mass is 16.6. The molecule has 2 aliphatic rings. The third-order valence-electron chi connectivity index (χ3n) is 6.94. The Morgan fingerprint density at radius 1 is 0.854 bits per heavy atom. The van der Waals surface area contributed by atoms with Gasteiger partial charge in [0.25, 0.3) is 5.91 Å². The summed E-state index contributed by atoms with van der Waals surface area (Å²) in [6, 6.07) is 14.2. The molecule has 3 aromatic rings. The second kappa shape index (κ2) is 13.2. The van der Waals surface area contributed by atoms with Gasteiger partial charge in [-0.25, -0.2) is 14.8 Å². The fourth-order valence-corrected chi connectivity index (χ4v) is 4.65. The van der Waals surface area contributed by atoms with Gasteiger partial charge in [-0.15, -0.1) is 0 Å². The van der Waals surface area contributed by atoms with Crippen LogP contribution in [0.5, 0.6) is 5.75 Å². The van der Waals surface area contributed by atoms with Gasteiger partial charge in [0.15, 0.2) is 5.75 Å². The molecule has 5 rings (SSSR count). The molecule has 0 atom stereocenters. The van der Waals surface area contributed by atoms with Crippen molar-refractivity contribution in [2.24, 2.45) is 0 Å². The molecular weight excluding hydrogens is 528 g/mol. The number of hydrogen-bond acceptors (Lipinski definition) is 9. The monoisotopic (exact) mass is 560 g/mol. The normalized spacial score (nSPS) is 15.8.